The summed E-state index contributed by atoms with van der Waals surface area (Å²) in [5.74, 6) is 0.347. The number of amides is 1. The van der Waals surface area contributed by atoms with E-state index in [0.29, 0.717) is 17.4 Å². The lowest BCUT2D eigenvalue weighted by Gasteiger charge is -2.30. The molecule has 27 heavy (non-hydrogen) atoms. The molecule has 0 saturated carbocycles. The van der Waals surface area contributed by atoms with Gasteiger partial charge in [-0.1, -0.05) is 18.3 Å². The van der Waals surface area contributed by atoms with Gasteiger partial charge in [-0.2, -0.15) is 9.50 Å². The van der Waals surface area contributed by atoms with Crippen LogP contribution in [0.2, 0.25) is 0 Å². The maximum atomic E-state index is 12.7. The number of anilines is 1. The van der Waals surface area contributed by atoms with E-state index >= 15 is 0 Å². The monoisotopic (exact) mass is 390 g/mol. The first-order valence-corrected chi connectivity index (χ1v) is 10.6. The Kier molecular flexibility index (Phi) is 5.40. The number of aromatic nitrogens is 3. The summed E-state index contributed by atoms with van der Waals surface area (Å²) in [6.45, 7) is 7.73. The first kappa shape index (κ1) is 18.4. The SMILES string of the molecule is C[C@@H]1CCCN(c2nn3c(C(=O)NCCN4CCCC4)cc(=O)nc3s2)C1. The fourth-order valence-corrected chi connectivity index (χ4v) is 4.82. The Bertz CT molecular complexity index is 872. The average Bonchev–Trinajstić information content (AvgIpc) is 3.30. The van der Waals surface area contributed by atoms with Gasteiger partial charge in [0.05, 0.1) is 0 Å². The molecule has 2 saturated heterocycles. The van der Waals surface area contributed by atoms with Crippen LogP contribution in [0.4, 0.5) is 5.13 Å². The molecule has 2 aromatic rings. The van der Waals surface area contributed by atoms with Crippen molar-refractivity contribution in [3.8, 4) is 0 Å². The summed E-state index contributed by atoms with van der Waals surface area (Å²) in [7, 11) is 0. The molecule has 4 heterocycles. The summed E-state index contributed by atoms with van der Waals surface area (Å²) < 4.78 is 1.52. The second kappa shape index (κ2) is 7.93. The van der Waals surface area contributed by atoms with Gasteiger partial charge >= 0.3 is 0 Å². The number of piperidine rings is 1. The number of likely N-dealkylation sites (tertiary alicyclic amines) is 1. The molecule has 1 N–H and O–H groups in total. The minimum Gasteiger partial charge on any atom is -0.349 e. The molecular weight excluding hydrogens is 364 g/mol. The minimum atomic E-state index is -0.401. The Hall–Kier alpha value is -2.00. The summed E-state index contributed by atoms with van der Waals surface area (Å²) in [5.41, 5.74) is -0.138. The van der Waals surface area contributed by atoms with Gasteiger partial charge in [-0.05, 0) is 44.7 Å². The zero-order valence-electron chi connectivity index (χ0n) is 15.7. The molecule has 0 bridgehead atoms. The highest BCUT2D eigenvalue weighted by atomic mass is 32.1. The van der Waals surface area contributed by atoms with Crippen LogP contribution in [-0.4, -0.2) is 64.7 Å². The van der Waals surface area contributed by atoms with Crippen molar-refractivity contribution in [2.24, 2.45) is 5.92 Å². The number of nitrogens with zero attached hydrogens (tertiary/aromatic N) is 5. The second-order valence-electron chi connectivity index (χ2n) is 7.56. The average molecular weight is 391 g/mol. The first-order chi connectivity index (χ1) is 13.1. The molecule has 0 aromatic carbocycles. The Morgan fingerprint density at radius 3 is 2.89 bits per heavy atom. The highest BCUT2D eigenvalue weighted by Crippen LogP contribution is 2.27. The standard InChI is InChI=1S/C18H26N6O2S/c1-13-5-4-9-23(12-13)18-21-24-14(11-15(25)20-17(24)27-18)16(26)19-6-10-22-7-2-3-8-22/h11,13H,2-10,12H2,1H3,(H,19,26)/t13-/m1/s1. The van der Waals surface area contributed by atoms with Gasteiger partial charge < -0.3 is 15.1 Å². The lowest BCUT2D eigenvalue weighted by Crippen LogP contribution is -2.35. The van der Waals surface area contributed by atoms with E-state index in [1.54, 1.807) is 0 Å². The number of hydrogen-bond acceptors (Lipinski definition) is 7. The molecule has 2 aromatic heterocycles. The van der Waals surface area contributed by atoms with E-state index in [-0.39, 0.29) is 11.6 Å². The topological polar surface area (TPSA) is 82.8 Å². The van der Waals surface area contributed by atoms with Crippen LogP contribution >= 0.6 is 11.3 Å². The summed E-state index contributed by atoms with van der Waals surface area (Å²) in [5, 5.41) is 8.36. The Balaban J connectivity index is 1.52. The van der Waals surface area contributed by atoms with Crippen molar-refractivity contribution in [3.05, 3.63) is 22.1 Å². The number of fused-ring (bicyclic) bond motifs is 1. The van der Waals surface area contributed by atoms with Crippen LogP contribution < -0.4 is 15.8 Å². The van der Waals surface area contributed by atoms with Crippen molar-refractivity contribution in [3.63, 3.8) is 0 Å². The Morgan fingerprint density at radius 1 is 1.30 bits per heavy atom. The van der Waals surface area contributed by atoms with E-state index in [1.807, 2.05) is 0 Å². The number of carbonyl (C=O) groups is 1. The van der Waals surface area contributed by atoms with Crippen molar-refractivity contribution in [2.45, 2.75) is 32.6 Å². The van der Waals surface area contributed by atoms with Gasteiger partial charge in [0.1, 0.15) is 5.69 Å². The normalized spacial score (nSPS) is 21.1. The Labute approximate surface area is 162 Å². The number of carbonyl (C=O) groups excluding carboxylic acids is 1. The maximum Gasteiger partial charge on any atom is 0.274 e. The molecular formula is C18H26N6O2S. The zero-order valence-corrected chi connectivity index (χ0v) is 16.5. The number of nitrogens with one attached hydrogen (secondary N) is 1. The largest absolute Gasteiger partial charge is 0.349 e. The molecule has 4 rings (SSSR count). The van der Waals surface area contributed by atoms with E-state index in [9.17, 15) is 9.59 Å². The quantitative estimate of drug-likeness (QED) is 0.826. The summed E-state index contributed by atoms with van der Waals surface area (Å²) in [4.78, 5) is 33.7. The summed E-state index contributed by atoms with van der Waals surface area (Å²) in [6.07, 6.45) is 4.81. The van der Waals surface area contributed by atoms with Crippen LogP contribution in [0, 0.1) is 5.92 Å². The smallest absolute Gasteiger partial charge is 0.274 e. The molecule has 2 aliphatic heterocycles. The molecule has 2 fully saturated rings. The van der Waals surface area contributed by atoms with Gasteiger partial charge in [0.2, 0.25) is 10.1 Å². The van der Waals surface area contributed by atoms with Crippen molar-refractivity contribution in [1.29, 1.82) is 0 Å². The van der Waals surface area contributed by atoms with Gasteiger partial charge in [-0.25, -0.2) is 0 Å². The first-order valence-electron chi connectivity index (χ1n) is 9.76. The van der Waals surface area contributed by atoms with Gasteiger partial charge in [-0.15, -0.1) is 5.10 Å². The lowest BCUT2D eigenvalue weighted by molar-refractivity contribution is 0.0942. The predicted octanol–water partition coefficient (Wildman–Crippen LogP) is 1.21. The van der Waals surface area contributed by atoms with Gasteiger partial charge in [0.15, 0.2) is 0 Å². The van der Waals surface area contributed by atoms with Gasteiger partial charge in [0.25, 0.3) is 11.5 Å². The van der Waals surface area contributed by atoms with Crippen molar-refractivity contribution in [1.82, 2.24) is 24.8 Å². The molecule has 1 atom stereocenters. The molecule has 2 aliphatic rings. The minimum absolute atomic E-state index is 0.263. The van der Waals surface area contributed by atoms with Crippen LogP contribution in [0.25, 0.3) is 4.96 Å². The summed E-state index contributed by atoms with van der Waals surface area (Å²) in [6, 6.07) is 1.28. The lowest BCUT2D eigenvalue weighted by atomic mass is 10.0. The molecule has 0 unspecified atom stereocenters. The third-order valence-corrected chi connectivity index (χ3v) is 6.29. The van der Waals surface area contributed by atoms with E-state index in [2.05, 4.69) is 32.1 Å². The molecule has 0 radical (unpaired) electrons. The van der Waals surface area contributed by atoms with Gasteiger partial charge in [-0.3, -0.25) is 9.59 Å². The molecule has 0 aliphatic carbocycles. The van der Waals surface area contributed by atoms with Crippen molar-refractivity contribution in [2.75, 3.05) is 44.2 Å². The fourth-order valence-electron chi connectivity index (χ4n) is 3.88. The predicted molar refractivity (Wildman–Crippen MR) is 106 cm³/mol. The Morgan fingerprint density at radius 2 is 2.11 bits per heavy atom. The third kappa shape index (κ3) is 4.14. The number of hydrogen-bond donors (Lipinski definition) is 1. The highest BCUT2D eigenvalue weighted by molar-refractivity contribution is 7.20. The fraction of sp³-hybridized carbons (Fsp3) is 0.667. The highest BCUT2D eigenvalue weighted by Gasteiger charge is 2.22. The molecule has 8 nitrogen and oxygen atoms in total. The maximum absolute atomic E-state index is 12.7. The van der Waals surface area contributed by atoms with E-state index in [1.165, 1.54) is 41.2 Å². The van der Waals surface area contributed by atoms with Crippen LogP contribution in [-0.2, 0) is 0 Å². The van der Waals surface area contributed by atoms with E-state index in [4.69, 9.17) is 0 Å². The van der Waals surface area contributed by atoms with Crippen molar-refractivity contribution < 1.29 is 4.79 Å². The van der Waals surface area contributed by atoms with Crippen LogP contribution in [0.15, 0.2) is 10.9 Å². The van der Waals surface area contributed by atoms with E-state index < -0.39 is 5.56 Å². The van der Waals surface area contributed by atoms with Crippen molar-refractivity contribution >= 4 is 27.3 Å². The number of rotatable bonds is 5. The second-order valence-corrected chi connectivity index (χ2v) is 8.49. The summed E-state index contributed by atoms with van der Waals surface area (Å²) >= 11 is 1.37. The van der Waals surface area contributed by atoms with Gasteiger partial charge in [0, 0.05) is 32.2 Å². The molecule has 1 amide bonds. The third-order valence-electron chi connectivity index (χ3n) is 5.32. The van der Waals surface area contributed by atoms with Crippen LogP contribution in [0.5, 0.6) is 0 Å². The van der Waals surface area contributed by atoms with Crippen LogP contribution in [0.1, 0.15) is 43.1 Å². The zero-order chi connectivity index (χ0) is 18.8. The molecule has 146 valence electrons. The molecule has 9 heteroatoms. The van der Waals surface area contributed by atoms with Crippen LogP contribution in [0.3, 0.4) is 0 Å². The molecule has 0 spiro atoms. The van der Waals surface area contributed by atoms with E-state index in [0.717, 1.165) is 44.3 Å².